The number of sulfonamides is 1. The molecule has 1 fully saturated rings. The molecule has 0 bridgehead atoms. The van der Waals surface area contributed by atoms with Crippen LogP contribution in [0.1, 0.15) is 12.0 Å². The highest BCUT2D eigenvalue weighted by Crippen LogP contribution is 2.24. The van der Waals surface area contributed by atoms with E-state index >= 15 is 0 Å². The lowest BCUT2D eigenvalue weighted by Crippen LogP contribution is -2.32. The van der Waals surface area contributed by atoms with Gasteiger partial charge in [0.05, 0.1) is 11.0 Å². The molecule has 0 aliphatic carbocycles. The quantitative estimate of drug-likeness (QED) is 0.830. The normalized spacial score (nSPS) is 21.2. The van der Waals surface area contributed by atoms with Gasteiger partial charge in [-0.05, 0) is 18.1 Å². The molecule has 1 saturated heterocycles. The fourth-order valence-electron chi connectivity index (χ4n) is 2.20. The molecule has 112 valence electrons. The second kappa shape index (κ2) is 5.63. The Morgan fingerprint density at radius 3 is 2.45 bits per heavy atom. The average molecular weight is 338 g/mol. The van der Waals surface area contributed by atoms with Crippen LogP contribution < -0.4 is 0 Å². The van der Waals surface area contributed by atoms with Crippen LogP contribution in [0.25, 0.3) is 0 Å². The van der Waals surface area contributed by atoms with Gasteiger partial charge in [0.1, 0.15) is 0 Å². The fourth-order valence-corrected chi connectivity index (χ4v) is 5.18. The molecule has 0 unspecified atom stereocenters. The first-order chi connectivity index (χ1) is 9.20. The highest BCUT2D eigenvalue weighted by Gasteiger charge is 2.36. The Morgan fingerprint density at radius 1 is 1.25 bits per heavy atom. The molecule has 1 aromatic carbocycles. The molecule has 1 aliphatic rings. The summed E-state index contributed by atoms with van der Waals surface area (Å²) in [5.74, 6) is -0.205. The summed E-state index contributed by atoms with van der Waals surface area (Å²) in [4.78, 5) is 0. The largest absolute Gasteiger partial charge is 0.229 e. The van der Waals surface area contributed by atoms with Crippen molar-refractivity contribution in [3.8, 4) is 0 Å². The van der Waals surface area contributed by atoms with Gasteiger partial charge < -0.3 is 0 Å². The molecule has 1 heterocycles. The molecule has 8 heteroatoms. The van der Waals surface area contributed by atoms with Crippen molar-refractivity contribution >= 4 is 31.5 Å². The van der Waals surface area contributed by atoms with Gasteiger partial charge in [-0.1, -0.05) is 29.8 Å². The third-order valence-corrected chi connectivity index (χ3v) is 7.16. The summed E-state index contributed by atoms with van der Waals surface area (Å²) in [6, 6.07) is 6.74. The minimum atomic E-state index is -3.54. The SMILES string of the molecule is CS(=O)(=O)[C@@H]1CCN(S(=O)(=O)Cc2ccccc2Cl)C1. The predicted octanol–water partition coefficient (Wildman–Crippen LogP) is 1.29. The first-order valence-corrected chi connectivity index (χ1v) is 10.0. The van der Waals surface area contributed by atoms with Crippen LogP contribution in [0.3, 0.4) is 0 Å². The van der Waals surface area contributed by atoms with Gasteiger partial charge in [-0.15, -0.1) is 0 Å². The summed E-state index contributed by atoms with van der Waals surface area (Å²) >= 11 is 5.96. The Hall–Kier alpha value is -0.630. The monoisotopic (exact) mass is 337 g/mol. The lowest BCUT2D eigenvalue weighted by Gasteiger charge is -2.16. The molecule has 5 nitrogen and oxygen atoms in total. The van der Waals surface area contributed by atoms with Gasteiger partial charge in [0.2, 0.25) is 10.0 Å². The zero-order valence-electron chi connectivity index (χ0n) is 11.0. The Kier molecular flexibility index (Phi) is 4.44. The third-order valence-electron chi connectivity index (χ3n) is 3.40. The van der Waals surface area contributed by atoms with Gasteiger partial charge in [0, 0.05) is 24.4 Å². The molecule has 0 amide bonds. The molecule has 0 N–H and O–H groups in total. The standard InChI is InChI=1S/C12H16ClNO4S2/c1-19(15,16)11-6-7-14(8-11)20(17,18)9-10-4-2-3-5-12(10)13/h2-5,11H,6-9H2,1H3/t11-/m1/s1. The van der Waals surface area contributed by atoms with Crippen molar-refractivity contribution in [3.05, 3.63) is 34.9 Å². The molecular weight excluding hydrogens is 322 g/mol. The molecule has 0 spiro atoms. The van der Waals surface area contributed by atoms with E-state index in [0.717, 1.165) is 6.26 Å². The summed E-state index contributed by atoms with van der Waals surface area (Å²) in [5.41, 5.74) is 0.525. The van der Waals surface area contributed by atoms with Gasteiger partial charge in [0.15, 0.2) is 9.84 Å². The molecule has 0 aromatic heterocycles. The Bertz CT molecular complexity index is 700. The van der Waals surface area contributed by atoms with Crippen LogP contribution in [0.2, 0.25) is 5.02 Å². The van der Waals surface area contributed by atoms with Gasteiger partial charge >= 0.3 is 0 Å². The third kappa shape index (κ3) is 3.52. The summed E-state index contributed by atoms with van der Waals surface area (Å²) in [6.07, 6.45) is 1.49. The maximum Gasteiger partial charge on any atom is 0.218 e. The van der Waals surface area contributed by atoms with Crippen molar-refractivity contribution in [1.29, 1.82) is 0 Å². The Labute approximate surface area is 124 Å². The van der Waals surface area contributed by atoms with Crippen LogP contribution in [-0.2, 0) is 25.6 Å². The summed E-state index contributed by atoms with van der Waals surface area (Å²) in [7, 11) is -6.75. The van der Waals surface area contributed by atoms with Crippen LogP contribution in [-0.4, -0.2) is 45.7 Å². The number of rotatable bonds is 4. The zero-order chi connectivity index (χ0) is 15.0. The van der Waals surface area contributed by atoms with Gasteiger partial charge in [-0.3, -0.25) is 0 Å². The van der Waals surface area contributed by atoms with Crippen molar-refractivity contribution < 1.29 is 16.8 Å². The van der Waals surface area contributed by atoms with Crippen molar-refractivity contribution in [2.45, 2.75) is 17.4 Å². The Morgan fingerprint density at radius 2 is 1.90 bits per heavy atom. The van der Waals surface area contributed by atoms with Crippen molar-refractivity contribution in [1.82, 2.24) is 4.31 Å². The summed E-state index contributed by atoms with van der Waals surface area (Å²) in [5, 5.41) is -0.210. The van der Waals surface area contributed by atoms with E-state index in [1.54, 1.807) is 24.3 Å². The number of benzene rings is 1. The second-order valence-electron chi connectivity index (χ2n) is 4.95. The van der Waals surface area contributed by atoms with E-state index in [1.165, 1.54) is 4.31 Å². The lowest BCUT2D eigenvalue weighted by atomic mass is 10.2. The van der Waals surface area contributed by atoms with E-state index in [0.29, 0.717) is 17.0 Å². The second-order valence-corrected chi connectivity index (χ2v) is 9.65. The zero-order valence-corrected chi connectivity index (χ0v) is 13.4. The van der Waals surface area contributed by atoms with Crippen LogP contribution in [0.5, 0.6) is 0 Å². The van der Waals surface area contributed by atoms with Gasteiger partial charge in [-0.25, -0.2) is 21.1 Å². The first-order valence-electron chi connectivity index (χ1n) is 6.10. The van der Waals surface area contributed by atoms with Gasteiger partial charge in [0.25, 0.3) is 0 Å². The van der Waals surface area contributed by atoms with Crippen LogP contribution in [0.15, 0.2) is 24.3 Å². The van der Waals surface area contributed by atoms with Crippen LogP contribution in [0.4, 0.5) is 0 Å². The highest BCUT2D eigenvalue weighted by atomic mass is 35.5. The number of halogens is 1. The minimum absolute atomic E-state index is 0.0334. The van der Waals surface area contributed by atoms with Crippen LogP contribution >= 0.6 is 11.6 Å². The van der Waals surface area contributed by atoms with Crippen molar-refractivity contribution in [2.24, 2.45) is 0 Å². The highest BCUT2D eigenvalue weighted by molar-refractivity contribution is 7.91. The van der Waals surface area contributed by atoms with Crippen LogP contribution in [0, 0.1) is 0 Å². The van der Waals surface area contributed by atoms with E-state index in [-0.39, 0.29) is 18.8 Å². The number of hydrogen-bond donors (Lipinski definition) is 0. The molecule has 1 aliphatic heterocycles. The van der Waals surface area contributed by atoms with Crippen molar-refractivity contribution in [3.63, 3.8) is 0 Å². The molecular formula is C12H16ClNO4S2. The van der Waals surface area contributed by atoms with E-state index in [4.69, 9.17) is 11.6 Å². The molecule has 0 saturated carbocycles. The number of hydrogen-bond acceptors (Lipinski definition) is 4. The first kappa shape index (κ1) is 15.8. The molecule has 20 heavy (non-hydrogen) atoms. The number of nitrogens with zero attached hydrogens (tertiary/aromatic N) is 1. The van der Waals surface area contributed by atoms with Crippen molar-refractivity contribution in [2.75, 3.05) is 19.3 Å². The predicted molar refractivity (Wildman–Crippen MR) is 78.9 cm³/mol. The lowest BCUT2D eigenvalue weighted by molar-refractivity contribution is 0.476. The van der Waals surface area contributed by atoms with E-state index < -0.39 is 25.1 Å². The summed E-state index contributed by atoms with van der Waals surface area (Å²) in [6.45, 7) is 0.274. The van der Waals surface area contributed by atoms with E-state index in [2.05, 4.69) is 0 Å². The molecule has 1 atom stereocenters. The number of sulfone groups is 1. The average Bonchev–Trinajstić information content (AvgIpc) is 2.81. The molecule has 2 rings (SSSR count). The fraction of sp³-hybridized carbons (Fsp3) is 0.500. The summed E-state index contributed by atoms with van der Waals surface area (Å²) < 4.78 is 48.8. The maximum absolute atomic E-state index is 12.3. The molecule has 0 radical (unpaired) electrons. The maximum atomic E-state index is 12.3. The topological polar surface area (TPSA) is 71.5 Å². The van der Waals surface area contributed by atoms with Gasteiger partial charge in [-0.2, -0.15) is 0 Å². The van der Waals surface area contributed by atoms with E-state index in [1.807, 2.05) is 0 Å². The minimum Gasteiger partial charge on any atom is -0.229 e. The van der Waals surface area contributed by atoms with E-state index in [9.17, 15) is 16.8 Å². The molecule has 1 aromatic rings. The smallest absolute Gasteiger partial charge is 0.218 e. The Balaban J connectivity index is 2.15.